The first-order valence-electron chi connectivity index (χ1n) is 5.40. The molecule has 0 spiro atoms. The highest BCUT2D eigenvalue weighted by molar-refractivity contribution is 5.74. The zero-order chi connectivity index (χ0) is 11.7. The molecule has 86 valence electrons. The molecule has 1 unspecified atom stereocenters. The van der Waals surface area contributed by atoms with E-state index in [1.165, 1.54) is 5.56 Å². The van der Waals surface area contributed by atoms with Crippen LogP contribution in [-0.2, 0) is 24.3 Å². The minimum atomic E-state index is -0.789. The molecule has 2 rings (SSSR count). The van der Waals surface area contributed by atoms with Crippen LogP contribution >= 0.6 is 0 Å². The zero-order valence-electron chi connectivity index (χ0n) is 9.29. The van der Waals surface area contributed by atoms with E-state index in [1.54, 1.807) is 0 Å². The first-order valence-corrected chi connectivity index (χ1v) is 5.40. The predicted molar refractivity (Wildman–Crippen MR) is 61.0 cm³/mol. The molecule has 0 aliphatic carbocycles. The molecule has 1 atom stereocenters. The van der Waals surface area contributed by atoms with Crippen molar-refractivity contribution >= 4 is 5.97 Å². The predicted octanol–water partition coefficient (Wildman–Crippen LogP) is 0.553. The lowest BCUT2D eigenvalue weighted by molar-refractivity contribution is -0.139. The number of hydrogen-bond acceptors (Lipinski definition) is 3. The Hall–Kier alpha value is -1.39. The number of hydrogen-bond donors (Lipinski definition) is 3. The molecule has 4 heteroatoms. The summed E-state index contributed by atoms with van der Waals surface area (Å²) in [6.07, 6.45) is 0.546. The lowest BCUT2D eigenvalue weighted by Crippen LogP contribution is -2.42. The second-order valence-corrected chi connectivity index (χ2v) is 4.18. The minimum Gasteiger partial charge on any atom is -0.480 e. The van der Waals surface area contributed by atoms with Gasteiger partial charge in [-0.1, -0.05) is 12.1 Å². The number of aryl methyl sites for hydroxylation is 1. The van der Waals surface area contributed by atoms with E-state index in [-0.39, 0.29) is 0 Å². The Morgan fingerprint density at radius 3 is 2.94 bits per heavy atom. The lowest BCUT2D eigenvalue weighted by atomic mass is 9.89. The van der Waals surface area contributed by atoms with Gasteiger partial charge in [-0.25, -0.2) is 0 Å². The summed E-state index contributed by atoms with van der Waals surface area (Å²) < 4.78 is 0. The molecule has 0 saturated heterocycles. The Kier molecular flexibility index (Phi) is 2.94. The van der Waals surface area contributed by atoms with Crippen LogP contribution in [0.25, 0.3) is 0 Å². The smallest absolute Gasteiger partial charge is 0.321 e. The highest BCUT2D eigenvalue weighted by Crippen LogP contribution is 2.24. The van der Waals surface area contributed by atoms with Gasteiger partial charge in [-0.2, -0.15) is 0 Å². The molecule has 4 nitrogen and oxygen atoms in total. The Bertz CT molecular complexity index is 429. The van der Waals surface area contributed by atoms with Crippen LogP contribution in [0.1, 0.15) is 22.3 Å². The summed E-state index contributed by atoms with van der Waals surface area (Å²) in [5.74, 6) is -0.789. The van der Waals surface area contributed by atoms with E-state index in [0.717, 1.165) is 16.7 Å². The average molecular weight is 220 g/mol. The van der Waals surface area contributed by atoms with Crippen LogP contribution < -0.4 is 11.1 Å². The van der Waals surface area contributed by atoms with Crippen molar-refractivity contribution in [1.29, 1.82) is 0 Å². The van der Waals surface area contributed by atoms with E-state index >= 15 is 0 Å². The summed E-state index contributed by atoms with van der Waals surface area (Å²) >= 11 is 0. The van der Waals surface area contributed by atoms with Crippen LogP contribution in [0, 0.1) is 6.92 Å². The lowest BCUT2D eigenvalue weighted by Gasteiger charge is -2.26. The van der Waals surface area contributed by atoms with E-state index in [9.17, 15) is 4.79 Å². The van der Waals surface area contributed by atoms with Crippen molar-refractivity contribution < 1.29 is 9.90 Å². The number of carbonyl (C=O) groups is 1. The maximum absolute atomic E-state index is 10.9. The van der Waals surface area contributed by atoms with Gasteiger partial charge < -0.3 is 10.8 Å². The SMILES string of the molecule is Cc1ccc(CN)c2c1CC(C(=O)O)NC2. The Labute approximate surface area is 94.5 Å². The normalized spacial score (nSPS) is 19.2. The molecule has 0 radical (unpaired) electrons. The van der Waals surface area contributed by atoms with Gasteiger partial charge in [-0.05, 0) is 35.6 Å². The molecule has 1 aromatic rings. The quantitative estimate of drug-likeness (QED) is 0.680. The summed E-state index contributed by atoms with van der Waals surface area (Å²) in [5, 5.41) is 12.0. The molecule has 0 amide bonds. The second kappa shape index (κ2) is 4.23. The number of nitrogens with two attached hydrogens (primary N) is 1. The molecule has 1 aliphatic rings. The highest BCUT2D eigenvalue weighted by atomic mass is 16.4. The summed E-state index contributed by atoms with van der Waals surface area (Å²) in [4.78, 5) is 10.9. The fraction of sp³-hybridized carbons (Fsp3) is 0.417. The van der Waals surface area contributed by atoms with E-state index in [1.807, 2.05) is 19.1 Å². The molecule has 4 N–H and O–H groups in total. The van der Waals surface area contributed by atoms with Gasteiger partial charge in [0.1, 0.15) is 6.04 Å². The van der Waals surface area contributed by atoms with Crippen LogP contribution in [0.4, 0.5) is 0 Å². The zero-order valence-corrected chi connectivity index (χ0v) is 9.29. The number of fused-ring (bicyclic) bond motifs is 1. The summed E-state index contributed by atoms with van der Waals surface area (Å²) in [5.41, 5.74) is 10.3. The van der Waals surface area contributed by atoms with Gasteiger partial charge in [0.25, 0.3) is 0 Å². The van der Waals surface area contributed by atoms with E-state index in [0.29, 0.717) is 19.5 Å². The molecular formula is C12H16N2O2. The topological polar surface area (TPSA) is 75.4 Å². The molecule has 0 fully saturated rings. The maximum Gasteiger partial charge on any atom is 0.321 e. The first kappa shape index (κ1) is 11.1. The molecule has 1 aromatic carbocycles. The van der Waals surface area contributed by atoms with Crippen molar-refractivity contribution in [1.82, 2.24) is 5.32 Å². The third kappa shape index (κ3) is 1.81. The van der Waals surface area contributed by atoms with Crippen LogP contribution in [0.15, 0.2) is 12.1 Å². The third-order valence-electron chi connectivity index (χ3n) is 3.21. The first-order chi connectivity index (χ1) is 7.63. The second-order valence-electron chi connectivity index (χ2n) is 4.18. The van der Waals surface area contributed by atoms with Gasteiger partial charge >= 0.3 is 5.97 Å². The summed E-state index contributed by atoms with van der Waals surface area (Å²) in [6.45, 7) is 3.12. The fourth-order valence-electron chi connectivity index (χ4n) is 2.23. The largest absolute Gasteiger partial charge is 0.480 e. The Morgan fingerprint density at radius 1 is 1.56 bits per heavy atom. The average Bonchev–Trinajstić information content (AvgIpc) is 2.29. The van der Waals surface area contributed by atoms with Crippen LogP contribution in [0.5, 0.6) is 0 Å². The summed E-state index contributed by atoms with van der Waals surface area (Å²) in [7, 11) is 0. The maximum atomic E-state index is 10.9. The van der Waals surface area contributed by atoms with Crippen molar-refractivity contribution in [3.8, 4) is 0 Å². The number of aliphatic carboxylic acids is 1. The van der Waals surface area contributed by atoms with Crippen LogP contribution in [0.3, 0.4) is 0 Å². The molecule has 16 heavy (non-hydrogen) atoms. The van der Waals surface area contributed by atoms with Crippen LogP contribution in [-0.4, -0.2) is 17.1 Å². The van der Waals surface area contributed by atoms with Crippen LogP contribution in [0.2, 0.25) is 0 Å². The van der Waals surface area contributed by atoms with E-state index in [2.05, 4.69) is 5.32 Å². The third-order valence-corrected chi connectivity index (χ3v) is 3.21. The van der Waals surface area contributed by atoms with Gasteiger partial charge in [-0.15, -0.1) is 0 Å². The molecular weight excluding hydrogens is 204 g/mol. The monoisotopic (exact) mass is 220 g/mol. The Balaban J connectivity index is 2.41. The van der Waals surface area contributed by atoms with E-state index in [4.69, 9.17) is 10.8 Å². The van der Waals surface area contributed by atoms with Gasteiger partial charge in [0.15, 0.2) is 0 Å². The van der Waals surface area contributed by atoms with Crippen molar-refractivity contribution in [2.45, 2.75) is 32.5 Å². The number of rotatable bonds is 2. The number of carboxylic acids is 1. The molecule has 1 aliphatic heterocycles. The van der Waals surface area contributed by atoms with Gasteiger partial charge in [0.05, 0.1) is 0 Å². The van der Waals surface area contributed by atoms with Crippen molar-refractivity contribution in [3.63, 3.8) is 0 Å². The van der Waals surface area contributed by atoms with Crippen molar-refractivity contribution in [3.05, 3.63) is 34.4 Å². The number of carboxylic acid groups (broad SMARTS) is 1. The van der Waals surface area contributed by atoms with E-state index < -0.39 is 12.0 Å². The molecule has 0 aromatic heterocycles. The van der Waals surface area contributed by atoms with Gasteiger partial charge in [0.2, 0.25) is 0 Å². The fourth-order valence-corrected chi connectivity index (χ4v) is 2.23. The van der Waals surface area contributed by atoms with Crippen molar-refractivity contribution in [2.24, 2.45) is 5.73 Å². The number of benzene rings is 1. The standard InChI is InChI=1S/C12H16N2O2/c1-7-2-3-8(5-13)10-6-14-11(12(15)16)4-9(7)10/h2-3,11,14H,4-6,13H2,1H3,(H,15,16). The Morgan fingerprint density at radius 2 is 2.31 bits per heavy atom. The molecule has 1 heterocycles. The minimum absolute atomic E-state index is 0.473. The van der Waals surface area contributed by atoms with Gasteiger partial charge in [0, 0.05) is 13.1 Å². The number of nitrogens with one attached hydrogen (secondary N) is 1. The van der Waals surface area contributed by atoms with Gasteiger partial charge in [-0.3, -0.25) is 10.1 Å². The molecule has 0 saturated carbocycles. The highest BCUT2D eigenvalue weighted by Gasteiger charge is 2.25. The van der Waals surface area contributed by atoms with Crippen molar-refractivity contribution in [2.75, 3.05) is 0 Å². The molecule has 0 bridgehead atoms. The summed E-state index contributed by atoms with van der Waals surface area (Å²) in [6, 6.07) is 3.57.